The van der Waals surface area contributed by atoms with Crippen molar-refractivity contribution in [3.8, 4) is 0 Å². The van der Waals surface area contributed by atoms with Crippen LogP contribution >= 0.6 is 11.3 Å². The predicted octanol–water partition coefficient (Wildman–Crippen LogP) is 2.71. The molecule has 0 unspecified atom stereocenters. The number of carbonyl (C=O) groups is 3. The van der Waals surface area contributed by atoms with Crippen LogP contribution in [0.1, 0.15) is 33.6 Å². The minimum absolute atomic E-state index is 0.226. The number of thiophene rings is 1. The van der Waals surface area contributed by atoms with Crippen molar-refractivity contribution < 1.29 is 14.4 Å². The zero-order valence-electron chi connectivity index (χ0n) is 13.0. The van der Waals surface area contributed by atoms with E-state index in [0.29, 0.717) is 12.0 Å². The van der Waals surface area contributed by atoms with Crippen LogP contribution in [0.4, 0.5) is 4.79 Å². The number of nitrogens with zero attached hydrogens (tertiary/aromatic N) is 1. The van der Waals surface area contributed by atoms with Crippen LogP contribution in [-0.4, -0.2) is 29.2 Å². The molecule has 0 radical (unpaired) electrons. The molecule has 3 amide bonds. The van der Waals surface area contributed by atoms with Crippen molar-refractivity contribution >= 4 is 29.1 Å². The SMILES string of the molecule is O=C(CN1C(=O)N[C@]2(CCCc3sccc32)C1=O)c1ccccc1. The number of nitrogens with one attached hydrogen (secondary N) is 1. The summed E-state index contributed by atoms with van der Waals surface area (Å²) in [5.74, 6) is -0.548. The second-order valence-corrected chi connectivity index (χ2v) is 7.13. The normalized spacial score (nSPS) is 22.6. The van der Waals surface area contributed by atoms with Crippen molar-refractivity contribution in [2.45, 2.75) is 24.8 Å². The zero-order chi connectivity index (χ0) is 16.7. The Morgan fingerprint density at radius 1 is 1.21 bits per heavy atom. The topological polar surface area (TPSA) is 66.5 Å². The van der Waals surface area contributed by atoms with Crippen LogP contribution in [0.5, 0.6) is 0 Å². The molecule has 0 saturated carbocycles. The third kappa shape index (κ3) is 2.17. The van der Waals surface area contributed by atoms with Gasteiger partial charge in [0.25, 0.3) is 5.91 Å². The van der Waals surface area contributed by atoms with Gasteiger partial charge in [-0.1, -0.05) is 30.3 Å². The van der Waals surface area contributed by atoms with Gasteiger partial charge in [-0.25, -0.2) is 4.79 Å². The van der Waals surface area contributed by atoms with Crippen molar-refractivity contribution in [2.24, 2.45) is 0 Å². The summed E-state index contributed by atoms with van der Waals surface area (Å²) in [4.78, 5) is 40.0. The van der Waals surface area contributed by atoms with Gasteiger partial charge >= 0.3 is 6.03 Å². The van der Waals surface area contributed by atoms with Gasteiger partial charge < -0.3 is 5.32 Å². The van der Waals surface area contributed by atoms with Crippen LogP contribution in [0, 0.1) is 0 Å². The second-order valence-electron chi connectivity index (χ2n) is 6.13. The van der Waals surface area contributed by atoms with Crippen molar-refractivity contribution in [3.05, 3.63) is 57.8 Å². The van der Waals surface area contributed by atoms with Gasteiger partial charge in [0.2, 0.25) is 0 Å². The maximum absolute atomic E-state index is 13.0. The molecule has 1 spiro atoms. The number of fused-ring (bicyclic) bond motifs is 2. The first kappa shape index (κ1) is 15.1. The van der Waals surface area contributed by atoms with E-state index in [0.717, 1.165) is 28.2 Å². The van der Waals surface area contributed by atoms with E-state index in [1.54, 1.807) is 35.6 Å². The number of carbonyl (C=O) groups excluding carboxylic acids is 3. The molecule has 122 valence electrons. The molecule has 2 aromatic rings. The number of hydrogen-bond acceptors (Lipinski definition) is 4. The molecule has 1 aliphatic carbocycles. The van der Waals surface area contributed by atoms with E-state index in [4.69, 9.17) is 0 Å². The van der Waals surface area contributed by atoms with E-state index in [-0.39, 0.29) is 18.2 Å². The molecule has 1 atom stereocenters. The summed E-state index contributed by atoms with van der Waals surface area (Å²) in [6, 6.07) is 10.2. The van der Waals surface area contributed by atoms with E-state index in [9.17, 15) is 14.4 Å². The number of benzene rings is 1. The second kappa shape index (κ2) is 5.56. The van der Waals surface area contributed by atoms with Crippen LogP contribution in [0.2, 0.25) is 0 Å². The van der Waals surface area contributed by atoms with Crippen molar-refractivity contribution in [1.29, 1.82) is 0 Å². The number of urea groups is 1. The Hall–Kier alpha value is -2.47. The first-order valence-corrected chi connectivity index (χ1v) is 8.79. The fraction of sp³-hybridized carbons (Fsp3) is 0.278. The average Bonchev–Trinajstić information content (AvgIpc) is 3.16. The van der Waals surface area contributed by atoms with Crippen LogP contribution in [0.3, 0.4) is 0 Å². The molecule has 1 aromatic heterocycles. The van der Waals surface area contributed by atoms with Gasteiger partial charge in [0.05, 0.1) is 6.54 Å². The van der Waals surface area contributed by atoms with Gasteiger partial charge in [-0.15, -0.1) is 11.3 Å². The van der Waals surface area contributed by atoms with Gasteiger partial charge in [0.15, 0.2) is 5.78 Å². The fourth-order valence-corrected chi connectivity index (χ4v) is 4.54. The number of imide groups is 1. The largest absolute Gasteiger partial charge is 0.325 e. The third-order valence-electron chi connectivity index (χ3n) is 4.73. The summed E-state index contributed by atoms with van der Waals surface area (Å²) < 4.78 is 0. The Bertz CT molecular complexity index is 830. The highest BCUT2D eigenvalue weighted by Crippen LogP contribution is 2.42. The highest BCUT2D eigenvalue weighted by molar-refractivity contribution is 7.10. The molecule has 1 aliphatic heterocycles. The molecule has 1 N–H and O–H groups in total. The van der Waals surface area contributed by atoms with E-state index in [1.165, 1.54) is 0 Å². The fourth-order valence-electron chi connectivity index (χ4n) is 3.54. The van der Waals surface area contributed by atoms with Gasteiger partial charge in [-0.3, -0.25) is 14.5 Å². The molecule has 0 bridgehead atoms. The maximum Gasteiger partial charge on any atom is 0.325 e. The Morgan fingerprint density at radius 2 is 2.00 bits per heavy atom. The van der Waals surface area contributed by atoms with Gasteiger partial charge in [-0.2, -0.15) is 0 Å². The van der Waals surface area contributed by atoms with Gasteiger partial charge in [-0.05, 0) is 30.7 Å². The quantitative estimate of drug-likeness (QED) is 0.690. The van der Waals surface area contributed by atoms with E-state index >= 15 is 0 Å². The Balaban J connectivity index is 1.63. The lowest BCUT2D eigenvalue weighted by molar-refractivity contribution is -0.131. The first-order valence-electron chi connectivity index (χ1n) is 7.91. The molecule has 2 heterocycles. The number of Topliss-reactive ketones (excluding diaryl/α,β-unsaturated/α-hetero) is 1. The summed E-state index contributed by atoms with van der Waals surface area (Å²) in [6.45, 7) is -0.226. The van der Waals surface area contributed by atoms with Crippen LogP contribution in [0.25, 0.3) is 0 Å². The molecule has 2 aliphatic rings. The highest BCUT2D eigenvalue weighted by atomic mass is 32.1. The standard InChI is InChI=1S/C18H16N2O3S/c21-14(12-5-2-1-3-6-12)11-20-16(22)18(19-17(20)23)9-4-7-15-13(18)8-10-24-15/h1-3,5-6,8,10H,4,7,9,11H2,(H,19,23)/t18-/m0/s1. The predicted molar refractivity (Wildman–Crippen MR) is 90.0 cm³/mol. The van der Waals surface area contributed by atoms with Gasteiger partial charge in [0, 0.05) is 16.0 Å². The van der Waals surface area contributed by atoms with Gasteiger partial charge in [0.1, 0.15) is 5.54 Å². The molecule has 1 saturated heterocycles. The number of amides is 3. The lowest BCUT2D eigenvalue weighted by Crippen LogP contribution is -2.46. The van der Waals surface area contributed by atoms with E-state index < -0.39 is 11.6 Å². The lowest BCUT2D eigenvalue weighted by Gasteiger charge is -2.31. The molecule has 6 heteroatoms. The van der Waals surface area contributed by atoms with Crippen LogP contribution in [0.15, 0.2) is 41.8 Å². The highest BCUT2D eigenvalue weighted by Gasteiger charge is 2.54. The Kier molecular flexibility index (Phi) is 3.49. The third-order valence-corrected chi connectivity index (χ3v) is 5.71. The summed E-state index contributed by atoms with van der Waals surface area (Å²) in [5.41, 5.74) is 0.410. The molecular weight excluding hydrogens is 324 g/mol. The van der Waals surface area contributed by atoms with Crippen molar-refractivity contribution in [3.63, 3.8) is 0 Å². The Labute approximate surface area is 143 Å². The van der Waals surface area contributed by atoms with Crippen molar-refractivity contribution in [2.75, 3.05) is 6.54 Å². The number of rotatable bonds is 3. The molecule has 1 aromatic carbocycles. The number of aryl methyl sites for hydroxylation is 1. The smallest absolute Gasteiger partial charge is 0.319 e. The number of hydrogen-bond donors (Lipinski definition) is 1. The monoisotopic (exact) mass is 340 g/mol. The van der Waals surface area contributed by atoms with Crippen LogP contribution < -0.4 is 5.32 Å². The molecule has 4 rings (SSSR count). The Morgan fingerprint density at radius 3 is 2.79 bits per heavy atom. The summed E-state index contributed by atoms with van der Waals surface area (Å²) in [6.07, 6.45) is 2.36. The zero-order valence-corrected chi connectivity index (χ0v) is 13.8. The van der Waals surface area contributed by atoms with Crippen molar-refractivity contribution in [1.82, 2.24) is 10.2 Å². The average molecular weight is 340 g/mol. The molecule has 24 heavy (non-hydrogen) atoms. The summed E-state index contributed by atoms with van der Waals surface area (Å²) >= 11 is 1.61. The van der Waals surface area contributed by atoms with Crippen LogP contribution in [-0.2, 0) is 16.8 Å². The summed E-state index contributed by atoms with van der Waals surface area (Å²) in [7, 11) is 0. The maximum atomic E-state index is 13.0. The van der Waals surface area contributed by atoms with E-state index in [1.807, 2.05) is 17.5 Å². The molecule has 5 nitrogen and oxygen atoms in total. The molecular formula is C18H16N2O3S. The first-order chi connectivity index (χ1) is 11.6. The minimum Gasteiger partial charge on any atom is -0.319 e. The number of ketones is 1. The lowest BCUT2D eigenvalue weighted by atomic mass is 9.80. The summed E-state index contributed by atoms with van der Waals surface area (Å²) in [5, 5.41) is 4.81. The molecule has 1 fully saturated rings. The van der Waals surface area contributed by atoms with E-state index in [2.05, 4.69) is 5.32 Å². The minimum atomic E-state index is -0.984.